The van der Waals surface area contributed by atoms with Gasteiger partial charge in [0.1, 0.15) is 6.33 Å². The molecular weight excluding hydrogens is 172 g/mol. The van der Waals surface area contributed by atoms with Crippen molar-refractivity contribution < 1.29 is 0 Å². The van der Waals surface area contributed by atoms with Gasteiger partial charge in [-0.2, -0.15) is 4.37 Å². The summed E-state index contributed by atoms with van der Waals surface area (Å²) in [6.07, 6.45) is 3.76. The van der Waals surface area contributed by atoms with Gasteiger partial charge in [-0.15, -0.1) is 0 Å². The molecule has 0 fully saturated rings. The fourth-order valence-electron chi connectivity index (χ4n) is 1.01. The van der Waals surface area contributed by atoms with Gasteiger partial charge >= 0.3 is 0 Å². The average molecular weight is 186 g/mol. The molecule has 1 aromatic heterocycles. The Kier molecular flexibility index (Phi) is 3.96. The van der Waals surface area contributed by atoms with Crippen LogP contribution in [0.25, 0.3) is 0 Å². The van der Waals surface area contributed by atoms with E-state index in [0.29, 0.717) is 12.6 Å². The summed E-state index contributed by atoms with van der Waals surface area (Å²) >= 11 is 1.36. The maximum Gasteiger partial charge on any atom is 0.202 e. The van der Waals surface area contributed by atoms with E-state index in [9.17, 15) is 0 Å². The van der Waals surface area contributed by atoms with Gasteiger partial charge in [0.25, 0.3) is 0 Å². The van der Waals surface area contributed by atoms with Crippen LogP contribution in [0.4, 0.5) is 5.13 Å². The van der Waals surface area contributed by atoms with Crippen molar-refractivity contribution in [1.82, 2.24) is 9.36 Å². The highest BCUT2D eigenvalue weighted by atomic mass is 32.1. The lowest BCUT2D eigenvalue weighted by Crippen LogP contribution is -2.28. The molecule has 5 heteroatoms. The lowest BCUT2D eigenvalue weighted by molar-refractivity contribution is 0.648. The maximum absolute atomic E-state index is 5.57. The first-order chi connectivity index (χ1) is 5.86. The van der Waals surface area contributed by atoms with E-state index in [4.69, 9.17) is 5.73 Å². The molecule has 12 heavy (non-hydrogen) atoms. The van der Waals surface area contributed by atoms with Gasteiger partial charge in [-0.25, -0.2) is 4.98 Å². The summed E-state index contributed by atoms with van der Waals surface area (Å²) in [5, 5.41) is 4.09. The third-order valence-electron chi connectivity index (χ3n) is 1.61. The molecule has 1 heterocycles. The number of aromatic nitrogens is 2. The van der Waals surface area contributed by atoms with Crippen LogP contribution in [0.15, 0.2) is 6.33 Å². The first kappa shape index (κ1) is 9.41. The van der Waals surface area contributed by atoms with E-state index in [1.807, 2.05) is 0 Å². The molecule has 1 rings (SSSR count). The average Bonchev–Trinajstić information content (AvgIpc) is 2.56. The van der Waals surface area contributed by atoms with Crippen molar-refractivity contribution in [2.75, 3.05) is 11.9 Å². The number of anilines is 1. The zero-order valence-corrected chi connectivity index (χ0v) is 7.97. The Morgan fingerprint density at radius 1 is 1.75 bits per heavy atom. The summed E-state index contributed by atoms with van der Waals surface area (Å²) in [5.41, 5.74) is 5.57. The molecule has 4 nitrogen and oxygen atoms in total. The monoisotopic (exact) mass is 186 g/mol. The second-order valence-corrected chi connectivity index (χ2v) is 3.39. The number of nitrogens with zero attached hydrogens (tertiary/aromatic N) is 2. The predicted octanol–water partition coefficient (Wildman–Crippen LogP) is 1.08. The van der Waals surface area contributed by atoms with E-state index in [0.717, 1.165) is 18.0 Å². The van der Waals surface area contributed by atoms with Crippen LogP contribution in [0, 0.1) is 0 Å². The highest BCUT2D eigenvalue weighted by Crippen LogP contribution is 2.10. The molecule has 0 aliphatic rings. The number of rotatable bonds is 5. The first-order valence-electron chi connectivity index (χ1n) is 4.10. The van der Waals surface area contributed by atoms with Crippen LogP contribution < -0.4 is 11.1 Å². The van der Waals surface area contributed by atoms with Crippen LogP contribution in [0.1, 0.15) is 19.8 Å². The van der Waals surface area contributed by atoms with Crippen molar-refractivity contribution in [2.24, 2.45) is 5.73 Å². The maximum atomic E-state index is 5.57. The Morgan fingerprint density at radius 2 is 2.58 bits per heavy atom. The van der Waals surface area contributed by atoms with Crippen molar-refractivity contribution in [3.63, 3.8) is 0 Å². The summed E-state index contributed by atoms with van der Waals surface area (Å²) in [6, 6.07) is 0.336. The summed E-state index contributed by atoms with van der Waals surface area (Å²) in [6.45, 7) is 2.79. The van der Waals surface area contributed by atoms with Crippen molar-refractivity contribution in [2.45, 2.75) is 25.8 Å². The van der Waals surface area contributed by atoms with E-state index in [-0.39, 0.29) is 0 Å². The number of nitrogens with two attached hydrogens (primary N) is 1. The van der Waals surface area contributed by atoms with Gasteiger partial charge in [0.15, 0.2) is 0 Å². The minimum absolute atomic E-state index is 0.336. The van der Waals surface area contributed by atoms with Crippen LogP contribution >= 0.6 is 11.5 Å². The summed E-state index contributed by atoms with van der Waals surface area (Å²) < 4.78 is 3.90. The van der Waals surface area contributed by atoms with Gasteiger partial charge in [-0.1, -0.05) is 13.3 Å². The fraction of sp³-hybridized carbons (Fsp3) is 0.714. The molecule has 68 valence electrons. The minimum atomic E-state index is 0.336. The van der Waals surface area contributed by atoms with Gasteiger partial charge < -0.3 is 11.1 Å². The standard InChI is InChI=1S/C7H14N4S/c1-2-3-6(4-8)11-7-9-5-10-12-7/h5-6H,2-4,8H2,1H3,(H,9,10,11). The molecule has 3 N–H and O–H groups in total. The third kappa shape index (κ3) is 2.75. The van der Waals surface area contributed by atoms with Crippen LogP contribution in [-0.4, -0.2) is 21.9 Å². The van der Waals surface area contributed by atoms with E-state index < -0.39 is 0 Å². The molecule has 0 spiro atoms. The van der Waals surface area contributed by atoms with Crippen molar-refractivity contribution >= 4 is 16.7 Å². The molecule has 0 aliphatic carbocycles. The Labute approximate surface area is 76.4 Å². The molecule has 1 unspecified atom stereocenters. The predicted molar refractivity (Wildman–Crippen MR) is 51.3 cm³/mol. The van der Waals surface area contributed by atoms with Gasteiger partial charge in [-0.05, 0) is 6.42 Å². The molecule has 0 amide bonds. The van der Waals surface area contributed by atoms with Gasteiger partial charge in [0.05, 0.1) is 0 Å². The summed E-state index contributed by atoms with van der Waals surface area (Å²) in [4.78, 5) is 4.03. The fourth-order valence-corrected chi connectivity index (χ4v) is 1.52. The Morgan fingerprint density at radius 3 is 3.08 bits per heavy atom. The summed E-state index contributed by atoms with van der Waals surface area (Å²) in [5.74, 6) is 0. The molecule has 0 aliphatic heterocycles. The van der Waals surface area contributed by atoms with Gasteiger partial charge in [0, 0.05) is 24.1 Å². The number of hydrogen-bond acceptors (Lipinski definition) is 5. The molecule has 0 aromatic carbocycles. The molecule has 0 saturated heterocycles. The molecule has 0 radical (unpaired) electrons. The third-order valence-corrected chi connectivity index (χ3v) is 2.21. The number of hydrogen-bond donors (Lipinski definition) is 2. The topological polar surface area (TPSA) is 63.8 Å². The van der Waals surface area contributed by atoms with Crippen LogP contribution in [0.2, 0.25) is 0 Å². The van der Waals surface area contributed by atoms with Gasteiger partial charge in [0.2, 0.25) is 5.13 Å². The molecular formula is C7H14N4S. The molecule has 1 aromatic rings. The first-order valence-corrected chi connectivity index (χ1v) is 4.87. The van der Waals surface area contributed by atoms with Crippen molar-refractivity contribution in [1.29, 1.82) is 0 Å². The van der Waals surface area contributed by atoms with E-state index in [2.05, 4.69) is 21.6 Å². The van der Waals surface area contributed by atoms with Crippen molar-refractivity contribution in [3.05, 3.63) is 6.33 Å². The van der Waals surface area contributed by atoms with Crippen LogP contribution in [-0.2, 0) is 0 Å². The van der Waals surface area contributed by atoms with E-state index >= 15 is 0 Å². The number of nitrogens with one attached hydrogen (secondary N) is 1. The second-order valence-electron chi connectivity index (χ2n) is 2.61. The zero-order valence-electron chi connectivity index (χ0n) is 7.16. The smallest absolute Gasteiger partial charge is 0.202 e. The van der Waals surface area contributed by atoms with Gasteiger partial charge in [-0.3, -0.25) is 0 Å². The SMILES string of the molecule is CCCC(CN)Nc1ncns1. The van der Waals surface area contributed by atoms with Crippen LogP contribution in [0.5, 0.6) is 0 Å². The molecule has 1 atom stereocenters. The largest absolute Gasteiger partial charge is 0.356 e. The van der Waals surface area contributed by atoms with E-state index in [1.54, 1.807) is 6.33 Å². The highest BCUT2D eigenvalue weighted by molar-refractivity contribution is 7.09. The Hall–Kier alpha value is -0.680. The zero-order chi connectivity index (χ0) is 8.81. The normalized spacial score (nSPS) is 12.8. The molecule has 0 saturated carbocycles. The van der Waals surface area contributed by atoms with Crippen LogP contribution in [0.3, 0.4) is 0 Å². The Balaban J connectivity index is 2.37. The lowest BCUT2D eigenvalue weighted by Gasteiger charge is -2.13. The summed E-state index contributed by atoms with van der Waals surface area (Å²) in [7, 11) is 0. The second kappa shape index (κ2) is 5.05. The Bertz CT molecular complexity index is 199. The highest BCUT2D eigenvalue weighted by Gasteiger charge is 2.05. The lowest BCUT2D eigenvalue weighted by atomic mass is 10.2. The van der Waals surface area contributed by atoms with E-state index in [1.165, 1.54) is 11.5 Å². The van der Waals surface area contributed by atoms with Crippen molar-refractivity contribution in [3.8, 4) is 0 Å². The quantitative estimate of drug-likeness (QED) is 0.722. The molecule has 0 bridgehead atoms. The minimum Gasteiger partial charge on any atom is -0.356 e.